The fraction of sp³-hybridized carbons (Fsp3) is 0.319. The number of nitrogens with one attached hydrogen (secondary N) is 3. The molecule has 5 aromatic rings. The minimum atomic E-state index is -0.786. The molecule has 4 heterocycles. The van der Waals surface area contributed by atoms with Gasteiger partial charge in [-0.25, -0.2) is 4.79 Å². The first-order chi connectivity index (χ1) is 31.1. The van der Waals surface area contributed by atoms with Gasteiger partial charge in [0, 0.05) is 85.5 Å². The van der Waals surface area contributed by atoms with Crippen LogP contribution in [-0.2, 0) is 16.1 Å². The van der Waals surface area contributed by atoms with Crippen molar-refractivity contribution < 1.29 is 43.7 Å². The number of aryl methyl sites for hydroxylation is 2. The second-order valence-electron chi connectivity index (χ2n) is 16.6. The summed E-state index contributed by atoms with van der Waals surface area (Å²) in [5.41, 5.74) is 5.44. The monoisotopic (exact) mass is 883 g/mol. The molecule has 1 atom stereocenters. The molecule has 0 spiro atoms. The third-order valence-corrected chi connectivity index (χ3v) is 12.0. The van der Waals surface area contributed by atoms with E-state index in [1.165, 1.54) is 15.5 Å². The maximum atomic E-state index is 13.8. The van der Waals surface area contributed by atoms with Gasteiger partial charge in [-0.2, -0.15) is 0 Å². The summed E-state index contributed by atoms with van der Waals surface area (Å²) in [6, 6.07) is 17.6. The number of piperidine rings is 1. The fourth-order valence-corrected chi connectivity index (χ4v) is 8.63. The predicted octanol–water partition coefficient (Wildman–Crippen LogP) is 5.17. The van der Waals surface area contributed by atoms with Crippen LogP contribution in [0.15, 0.2) is 66.7 Å². The minimum Gasteiger partial charge on any atom is -0.508 e. The molecule has 0 saturated carbocycles. The molecule has 18 heteroatoms. The van der Waals surface area contributed by atoms with Crippen molar-refractivity contribution in [2.75, 3.05) is 42.9 Å². The van der Waals surface area contributed by atoms with Gasteiger partial charge in [0.25, 0.3) is 17.7 Å². The zero-order chi connectivity index (χ0) is 46.3. The third-order valence-electron chi connectivity index (χ3n) is 12.0. The van der Waals surface area contributed by atoms with Gasteiger partial charge in [0.2, 0.25) is 17.6 Å². The van der Waals surface area contributed by atoms with Gasteiger partial charge in [0.1, 0.15) is 23.3 Å². The molecule has 6 amide bonds. The number of fused-ring (bicyclic) bond motifs is 1. The van der Waals surface area contributed by atoms with E-state index in [9.17, 15) is 39.0 Å². The molecule has 2 saturated heterocycles. The molecule has 1 aromatic heterocycles. The van der Waals surface area contributed by atoms with Crippen molar-refractivity contribution in [1.29, 1.82) is 0 Å². The number of rotatable bonds is 10. The maximum absolute atomic E-state index is 13.8. The van der Waals surface area contributed by atoms with Crippen molar-refractivity contribution in [1.82, 2.24) is 35.2 Å². The van der Waals surface area contributed by atoms with E-state index in [2.05, 4.69) is 31.0 Å². The fourth-order valence-electron chi connectivity index (χ4n) is 8.63. The highest BCUT2D eigenvalue weighted by molar-refractivity contribution is 6.06. The molecule has 18 nitrogen and oxygen atoms in total. The van der Waals surface area contributed by atoms with Gasteiger partial charge in [-0.15, -0.1) is 10.2 Å². The van der Waals surface area contributed by atoms with E-state index in [4.69, 9.17) is 4.74 Å². The number of ether oxygens (including phenoxy) is 1. The molecule has 2 fully saturated rings. The van der Waals surface area contributed by atoms with Crippen LogP contribution in [0, 0.1) is 13.8 Å². The Morgan fingerprint density at radius 3 is 2.25 bits per heavy atom. The summed E-state index contributed by atoms with van der Waals surface area (Å²) < 4.78 is 7.33. The Kier molecular flexibility index (Phi) is 12.0. The quantitative estimate of drug-likeness (QED) is 0.115. The van der Waals surface area contributed by atoms with E-state index in [0.717, 1.165) is 16.8 Å². The molecular formula is C47H49N9O9. The van der Waals surface area contributed by atoms with Crippen molar-refractivity contribution in [3.8, 4) is 34.3 Å². The van der Waals surface area contributed by atoms with E-state index in [1.807, 2.05) is 39.8 Å². The molecule has 4 aromatic carbocycles. The molecule has 1 unspecified atom stereocenters. The molecule has 65 heavy (non-hydrogen) atoms. The van der Waals surface area contributed by atoms with Crippen LogP contribution in [0.3, 0.4) is 0 Å². The van der Waals surface area contributed by atoms with Crippen LogP contribution in [-0.4, -0.2) is 109 Å². The number of phenols is 2. The molecular weight excluding hydrogens is 835 g/mol. The molecule has 0 bridgehead atoms. The first-order valence-electron chi connectivity index (χ1n) is 21.4. The number of imide groups is 1. The van der Waals surface area contributed by atoms with Crippen molar-refractivity contribution >= 4 is 47.0 Å². The average Bonchev–Trinajstić information content (AvgIpc) is 3.87. The summed E-state index contributed by atoms with van der Waals surface area (Å²) in [6.45, 7) is 11.7. The Morgan fingerprint density at radius 2 is 1.58 bits per heavy atom. The second-order valence-corrected chi connectivity index (χ2v) is 16.6. The Hall–Kier alpha value is -7.76. The number of hydrogen-bond acceptors (Lipinski definition) is 12. The van der Waals surface area contributed by atoms with E-state index >= 15 is 0 Å². The zero-order valence-corrected chi connectivity index (χ0v) is 36.6. The van der Waals surface area contributed by atoms with Crippen molar-refractivity contribution in [3.63, 3.8) is 0 Å². The first kappa shape index (κ1) is 43.9. The lowest BCUT2D eigenvalue weighted by Gasteiger charge is -2.36. The summed E-state index contributed by atoms with van der Waals surface area (Å²) in [5, 5.41) is 37.6. The topological polar surface area (TPSA) is 229 Å². The summed E-state index contributed by atoms with van der Waals surface area (Å²) in [7, 11) is 0. The number of phenolic OH excluding ortho intramolecular Hbond substituents is 2. The summed E-state index contributed by atoms with van der Waals surface area (Å²) in [4.78, 5) is 83.0. The second kappa shape index (κ2) is 17.8. The van der Waals surface area contributed by atoms with Gasteiger partial charge >= 0.3 is 6.09 Å². The number of amides is 6. The largest absolute Gasteiger partial charge is 0.508 e. The van der Waals surface area contributed by atoms with Crippen LogP contribution in [0.25, 0.3) is 17.1 Å². The van der Waals surface area contributed by atoms with Gasteiger partial charge in [-0.3, -0.25) is 39.2 Å². The standard InChI is InChI=1S/C47H49N9O9/c1-6-48-44(61)42-52-51-41(33-22-32(25(2)3)37(57)23-38(33)58)56(42)29-12-10-28(11-13-29)45(62)54-18-16-53(17-19-54)30-20-26(4)40(27(5)21-30)65-47(64)49-35-9-7-8-31-34(35)24-55(46(31)63)36-14-15-39(59)50-43(36)60/h7-13,20-23,25,36,57-58H,6,14-19,24H2,1-5H3,(H,48,61)(H,49,64)(H,50,59,60). The molecule has 5 N–H and O–H groups in total. The molecule has 3 aliphatic heterocycles. The summed E-state index contributed by atoms with van der Waals surface area (Å²) >= 11 is 0. The average molecular weight is 884 g/mol. The summed E-state index contributed by atoms with van der Waals surface area (Å²) in [5.74, 6) is -1.69. The van der Waals surface area contributed by atoms with Gasteiger partial charge in [-0.1, -0.05) is 19.9 Å². The number of anilines is 2. The smallest absolute Gasteiger partial charge is 0.417 e. The van der Waals surface area contributed by atoms with Crippen LogP contribution in [0.4, 0.5) is 16.2 Å². The number of hydrogen-bond donors (Lipinski definition) is 5. The van der Waals surface area contributed by atoms with Crippen molar-refractivity contribution in [2.45, 2.75) is 66.0 Å². The molecule has 8 rings (SSSR count). The number of aromatic nitrogens is 3. The van der Waals surface area contributed by atoms with E-state index in [-0.39, 0.29) is 71.7 Å². The van der Waals surface area contributed by atoms with Crippen molar-refractivity contribution in [3.05, 3.63) is 106 Å². The van der Waals surface area contributed by atoms with Gasteiger partial charge in [0.05, 0.1) is 5.56 Å². The Bertz CT molecular complexity index is 2730. The third kappa shape index (κ3) is 8.53. The van der Waals surface area contributed by atoms with Crippen LogP contribution in [0.2, 0.25) is 0 Å². The van der Waals surface area contributed by atoms with E-state index in [0.29, 0.717) is 72.1 Å². The zero-order valence-electron chi connectivity index (χ0n) is 36.6. The highest BCUT2D eigenvalue weighted by Gasteiger charge is 2.40. The SMILES string of the molecule is CCNC(=O)c1nnc(-c2cc(C(C)C)c(O)cc2O)n1-c1ccc(C(=O)N2CCN(c3cc(C)c(OC(=O)Nc4cccc5c4CN(C4CCC(=O)NC4=O)C5=O)c(C)c3)CC2)cc1. The van der Waals surface area contributed by atoms with Gasteiger partial charge in [0.15, 0.2) is 5.82 Å². The van der Waals surface area contributed by atoms with Crippen molar-refractivity contribution in [2.24, 2.45) is 0 Å². The Labute approximate surface area is 374 Å². The maximum Gasteiger partial charge on any atom is 0.417 e. The molecule has 0 radical (unpaired) electrons. The summed E-state index contributed by atoms with van der Waals surface area (Å²) in [6.07, 6.45) is -0.387. The highest BCUT2D eigenvalue weighted by atomic mass is 16.6. The van der Waals surface area contributed by atoms with Gasteiger partial charge in [-0.05, 0) is 104 Å². The Morgan fingerprint density at radius 1 is 0.877 bits per heavy atom. The molecule has 0 aliphatic carbocycles. The number of carbonyl (C=O) groups excluding carboxylic acids is 6. The number of benzene rings is 4. The van der Waals surface area contributed by atoms with Crippen LogP contribution < -0.4 is 25.6 Å². The molecule has 336 valence electrons. The normalized spacial score (nSPS) is 16.1. The first-order valence-corrected chi connectivity index (χ1v) is 21.4. The van der Waals surface area contributed by atoms with Crippen LogP contribution >= 0.6 is 0 Å². The lowest BCUT2D eigenvalue weighted by atomic mass is 9.98. The number of nitrogens with zero attached hydrogens (tertiary/aromatic N) is 6. The lowest BCUT2D eigenvalue weighted by Crippen LogP contribution is -2.52. The molecule has 3 aliphatic rings. The Balaban J connectivity index is 0.915. The van der Waals surface area contributed by atoms with Crippen LogP contribution in [0.5, 0.6) is 17.2 Å². The number of aromatic hydroxyl groups is 2. The van der Waals surface area contributed by atoms with E-state index in [1.54, 1.807) is 60.4 Å². The number of carbonyl (C=O) groups is 6. The predicted molar refractivity (Wildman–Crippen MR) is 238 cm³/mol. The van der Waals surface area contributed by atoms with Gasteiger partial charge < -0.3 is 35.0 Å². The minimum absolute atomic E-state index is 0.0145. The van der Waals surface area contributed by atoms with E-state index < -0.39 is 23.9 Å². The lowest BCUT2D eigenvalue weighted by molar-refractivity contribution is -0.136. The number of piperazine rings is 1. The van der Waals surface area contributed by atoms with Crippen LogP contribution in [0.1, 0.15) is 93.1 Å². The highest BCUT2D eigenvalue weighted by Crippen LogP contribution is 2.39.